The van der Waals surface area contributed by atoms with Crippen LogP contribution >= 0.6 is 0 Å². The third-order valence-corrected chi connectivity index (χ3v) is 2.06. The Labute approximate surface area is 68.3 Å². The van der Waals surface area contributed by atoms with Crippen molar-refractivity contribution in [3.05, 3.63) is 0 Å². The molecule has 0 aromatic rings. The zero-order valence-corrected chi connectivity index (χ0v) is 7.18. The highest BCUT2D eigenvalue weighted by Crippen LogP contribution is 2.12. The van der Waals surface area contributed by atoms with Crippen LogP contribution in [0.25, 0.3) is 0 Å². The molecule has 0 aromatic heterocycles. The normalized spacial score (nSPS) is 32.2. The molecular weight excluding hydrogens is 140 g/mol. The van der Waals surface area contributed by atoms with Crippen LogP contribution in [0.4, 0.5) is 0 Å². The van der Waals surface area contributed by atoms with Gasteiger partial charge in [-0.2, -0.15) is 0 Å². The van der Waals surface area contributed by atoms with Crippen molar-refractivity contribution >= 4 is 0 Å². The zero-order valence-electron chi connectivity index (χ0n) is 7.18. The summed E-state index contributed by atoms with van der Waals surface area (Å²) in [5.74, 6) is 0. The van der Waals surface area contributed by atoms with Gasteiger partial charge in [0.15, 0.2) is 0 Å². The highest BCUT2D eigenvalue weighted by molar-refractivity contribution is 4.74. The molecule has 1 aliphatic rings. The topological polar surface area (TPSA) is 47.3 Å². The van der Waals surface area contributed by atoms with Gasteiger partial charge in [-0.05, 0) is 19.8 Å². The highest BCUT2D eigenvalue weighted by Gasteiger charge is 2.17. The molecule has 0 radical (unpaired) electrons. The predicted octanol–water partition coefficient (Wildman–Crippen LogP) is 0.102. The van der Waals surface area contributed by atoms with E-state index in [1.54, 1.807) is 0 Å². The predicted molar refractivity (Wildman–Crippen MR) is 45.5 cm³/mol. The molecule has 1 heterocycles. The molecule has 0 bridgehead atoms. The Hall–Kier alpha value is -0.120. The average Bonchev–Trinajstić information content (AvgIpc) is 2.01. The van der Waals surface area contributed by atoms with E-state index in [0.717, 1.165) is 32.5 Å². The van der Waals surface area contributed by atoms with Gasteiger partial charge in [0, 0.05) is 25.7 Å². The van der Waals surface area contributed by atoms with Crippen molar-refractivity contribution < 1.29 is 4.74 Å². The molecule has 2 atom stereocenters. The third kappa shape index (κ3) is 3.18. The van der Waals surface area contributed by atoms with Crippen LogP contribution in [0.1, 0.15) is 19.8 Å². The standard InChI is InChI=1S/C8H18N2O/c1-7-6-8(2-5-11-7)10-4-3-9/h7-8,10H,2-6,9H2,1H3. The van der Waals surface area contributed by atoms with Gasteiger partial charge in [-0.25, -0.2) is 0 Å². The van der Waals surface area contributed by atoms with Crippen LogP contribution in [-0.4, -0.2) is 31.8 Å². The maximum absolute atomic E-state index is 5.42. The van der Waals surface area contributed by atoms with Gasteiger partial charge in [0.25, 0.3) is 0 Å². The van der Waals surface area contributed by atoms with Crippen LogP contribution < -0.4 is 11.1 Å². The van der Waals surface area contributed by atoms with E-state index in [1.165, 1.54) is 0 Å². The van der Waals surface area contributed by atoms with E-state index in [9.17, 15) is 0 Å². The molecule has 0 aliphatic carbocycles. The van der Waals surface area contributed by atoms with E-state index in [2.05, 4.69) is 12.2 Å². The van der Waals surface area contributed by atoms with Gasteiger partial charge in [-0.15, -0.1) is 0 Å². The quantitative estimate of drug-likeness (QED) is 0.612. The molecule has 66 valence electrons. The third-order valence-electron chi connectivity index (χ3n) is 2.06. The SMILES string of the molecule is CC1CC(NCCN)CCO1. The first kappa shape index (κ1) is 8.97. The maximum Gasteiger partial charge on any atom is 0.0561 e. The molecule has 0 saturated carbocycles. The highest BCUT2D eigenvalue weighted by atomic mass is 16.5. The van der Waals surface area contributed by atoms with Crippen molar-refractivity contribution in [1.82, 2.24) is 5.32 Å². The lowest BCUT2D eigenvalue weighted by atomic mass is 10.0. The van der Waals surface area contributed by atoms with Crippen molar-refractivity contribution in [2.24, 2.45) is 5.73 Å². The minimum atomic E-state index is 0.416. The zero-order chi connectivity index (χ0) is 8.10. The van der Waals surface area contributed by atoms with Crippen LogP contribution in [-0.2, 0) is 4.74 Å². The number of nitrogens with one attached hydrogen (secondary N) is 1. The lowest BCUT2D eigenvalue weighted by molar-refractivity contribution is 0.0136. The summed E-state index contributed by atoms with van der Waals surface area (Å²) in [5.41, 5.74) is 5.39. The summed E-state index contributed by atoms with van der Waals surface area (Å²) in [7, 11) is 0. The first-order chi connectivity index (χ1) is 5.33. The molecular formula is C8H18N2O. The molecule has 3 nitrogen and oxygen atoms in total. The van der Waals surface area contributed by atoms with Crippen LogP contribution in [0.3, 0.4) is 0 Å². The summed E-state index contributed by atoms with van der Waals surface area (Å²) in [6.07, 6.45) is 2.67. The van der Waals surface area contributed by atoms with Gasteiger partial charge in [0.05, 0.1) is 6.10 Å². The molecule has 11 heavy (non-hydrogen) atoms. The average molecular weight is 158 g/mol. The fourth-order valence-corrected chi connectivity index (χ4v) is 1.47. The second kappa shape index (κ2) is 4.70. The molecule has 0 aromatic carbocycles. The summed E-state index contributed by atoms with van der Waals surface area (Å²) < 4.78 is 5.42. The van der Waals surface area contributed by atoms with Gasteiger partial charge in [-0.3, -0.25) is 0 Å². The van der Waals surface area contributed by atoms with Crippen LogP contribution in [0.5, 0.6) is 0 Å². The van der Waals surface area contributed by atoms with Gasteiger partial charge in [-0.1, -0.05) is 0 Å². The molecule has 3 N–H and O–H groups in total. The Morgan fingerprint density at radius 3 is 3.09 bits per heavy atom. The van der Waals surface area contributed by atoms with E-state index in [1.807, 2.05) is 0 Å². The Balaban J connectivity index is 2.12. The van der Waals surface area contributed by atoms with Crippen molar-refractivity contribution in [3.63, 3.8) is 0 Å². The summed E-state index contributed by atoms with van der Waals surface area (Å²) in [5, 5.41) is 3.40. The van der Waals surface area contributed by atoms with Crippen molar-refractivity contribution in [1.29, 1.82) is 0 Å². The van der Waals surface area contributed by atoms with E-state index < -0.39 is 0 Å². The van der Waals surface area contributed by atoms with Crippen molar-refractivity contribution in [2.45, 2.75) is 31.9 Å². The first-order valence-corrected chi connectivity index (χ1v) is 4.38. The van der Waals surface area contributed by atoms with Crippen LogP contribution in [0.2, 0.25) is 0 Å². The fraction of sp³-hybridized carbons (Fsp3) is 1.00. The van der Waals surface area contributed by atoms with E-state index >= 15 is 0 Å². The number of hydrogen-bond donors (Lipinski definition) is 2. The molecule has 0 amide bonds. The van der Waals surface area contributed by atoms with Crippen LogP contribution in [0, 0.1) is 0 Å². The number of hydrogen-bond acceptors (Lipinski definition) is 3. The van der Waals surface area contributed by atoms with Gasteiger partial charge in [0.1, 0.15) is 0 Å². The first-order valence-electron chi connectivity index (χ1n) is 4.38. The number of ether oxygens (including phenoxy) is 1. The second-order valence-electron chi connectivity index (χ2n) is 3.15. The second-order valence-corrected chi connectivity index (χ2v) is 3.15. The van der Waals surface area contributed by atoms with Gasteiger partial charge in [0.2, 0.25) is 0 Å². The van der Waals surface area contributed by atoms with E-state index in [-0.39, 0.29) is 0 Å². The monoisotopic (exact) mass is 158 g/mol. The summed E-state index contributed by atoms with van der Waals surface area (Å²) in [4.78, 5) is 0. The number of nitrogens with two attached hydrogens (primary N) is 1. The minimum Gasteiger partial charge on any atom is -0.378 e. The molecule has 1 aliphatic heterocycles. The minimum absolute atomic E-state index is 0.416. The van der Waals surface area contributed by atoms with Gasteiger partial charge < -0.3 is 15.8 Å². The fourth-order valence-electron chi connectivity index (χ4n) is 1.47. The Morgan fingerprint density at radius 1 is 1.64 bits per heavy atom. The largest absolute Gasteiger partial charge is 0.378 e. The molecule has 2 unspecified atom stereocenters. The van der Waals surface area contributed by atoms with Crippen molar-refractivity contribution in [3.8, 4) is 0 Å². The van der Waals surface area contributed by atoms with E-state index in [0.29, 0.717) is 12.1 Å². The van der Waals surface area contributed by atoms with Crippen molar-refractivity contribution in [2.75, 3.05) is 19.7 Å². The Bertz CT molecular complexity index is 108. The smallest absolute Gasteiger partial charge is 0.0561 e. The molecule has 0 spiro atoms. The summed E-state index contributed by atoms with van der Waals surface area (Å²) >= 11 is 0. The maximum atomic E-state index is 5.42. The summed E-state index contributed by atoms with van der Waals surface area (Å²) in [6, 6.07) is 0.627. The molecule has 1 rings (SSSR count). The molecule has 1 fully saturated rings. The Morgan fingerprint density at radius 2 is 2.45 bits per heavy atom. The lowest BCUT2D eigenvalue weighted by Gasteiger charge is -2.27. The van der Waals surface area contributed by atoms with E-state index in [4.69, 9.17) is 10.5 Å². The molecule has 3 heteroatoms. The van der Waals surface area contributed by atoms with Gasteiger partial charge >= 0.3 is 0 Å². The molecule has 1 saturated heterocycles. The Kier molecular flexibility index (Phi) is 3.83. The van der Waals surface area contributed by atoms with Crippen LogP contribution in [0.15, 0.2) is 0 Å². The lowest BCUT2D eigenvalue weighted by Crippen LogP contribution is -2.40. The summed E-state index contributed by atoms with van der Waals surface area (Å²) in [6.45, 7) is 4.67. The number of rotatable bonds is 3.